The van der Waals surface area contributed by atoms with Gasteiger partial charge in [0.2, 0.25) is 0 Å². The summed E-state index contributed by atoms with van der Waals surface area (Å²) in [5.41, 5.74) is 6.40. The van der Waals surface area contributed by atoms with Crippen molar-refractivity contribution in [3.8, 4) is 5.75 Å². The quantitative estimate of drug-likeness (QED) is 0.830. The topological polar surface area (TPSA) is 38.5 Å². The van der Waals surface area contributed by atoms with E-state index in [0.29, 0.717) is 11.7 Å². The van der Waals surface area contributed by atoms with Gasteiger partial charge in [0.1, 0.15) is 0 Å². The molecular formula is C11H13F3N2O. The molecule has 2 N–H and O–H groups in total. The van der Waals surface area contributed by atoms with Gasteiger partial charge < -0.3 is 15.4 Å². The average molecular weight is 246 g/mol. The standard InChI is InChI=1S/C11H13F3N2O/c1-16(6-2-3-6)9-5-10(17-11(13)14)7(12)4-8(9)15/h4-6,11H,2-3,15H2,1H3. The number of nitrogens with zero attached hydrogens (tertiary/aromatic N) is 1. The van der Waals surface area contributed by atoms with Gasteiger partial charge in [-0.15, -0.1) is 0 Å². The molecule has 0 spiro atoms. The van der Waals surface area contributed by atoms with Crippen LogP contribution in [0.1, 0.15) is 12.8 Å². The Morgan fingerprint density at radius 2 is 2.06 bits per heavy atom. The predicted octanol–water partition coefficient (Wildman–Crippen LogP) is 2.61. The smallest absolute Gasteiger partial charge is 0.387 e. The molecule has 0 atom stereocenters. The number of benzene rings is 1. The molecule has 1 fully saturated rings. The average Bonchev–Trinajstić information content (AvgIpc) is 3.04. The molecule has 1 aliphatic rings. The Morgan fingerprint density at radius 3 is 2.59 bits per heavy atom. The van der Waals surface area contributed by atoms with E-state index in [1.807, 2.05) is 4.90 Å². The van der Waals surface area contributed by atoms with Crippen LogP contribution in [0.5, 0.6) is 5.75 Å². The predicted molar refractivity (Wildman–Crippen MR) is 58.9 cm³/mol. The fraction of sp³-hybridized carbons (Fsp3) is 0.455. The molecule has 94 valence electrons. The highest BCUT2D eigenvalue weighted by Crippen LogP contribution is 2.37. The van der Waals surface area contributed by atoms with E-state index in [9.17, 15) is 13.2 Å². The fourth-order valence-corrected chi connectivity index (χ4v) is 1.71. The molecule has 0 radical (unpaired) electrons. The number of hydrogen-bond donors (Lipinski definition) is 1. The lowest BCUT2D eigenvalue weighted by Gasteiger charge is -2.21. The highest BCUT2D eigenvalue weighted by molar-refractivity contribution is 5.70. The van der Waals surface area contributed by atoms with Gasteiger partial charge in [0, 0.05) is 25.2 Å². The normalized spacial score (nSPS) is 15.1. The van der Waals surface area contributed by atoms with Gasteiger partial charge in [-0.2, -0.15) is 8.78 Å². The lowest BCUT2D eigenvalue weighted by Crippen LogP contribution is -2.21. The molecule has 17 heavy (non-hydrogen) atoms. The van der Waals surface area contributed by atoms with E-state index in [1.54, 1.807) is 7.05 Å². The molecule has 0 saturated heterocycles. The van der Waals surface area contributed by atoms with Gasteiger partial charge in [-0.05, 0) is 12.8 Å². The first-order chi connectivity index (χ1) is 7.99. The maximum atomic E-state index is 13.3. The first-order valence-electron chi connectivity index (χ1n) is 5.25. The van der Waals surface area contributed by atoms with Gasteiger partial charge in [0.25, 0.3) is 0 Å². The summed E-state index contributed by atoms with van der Waals surface area (Å²) < 4.78 is 41.6. The molecule has 3 nitrogen and oxygen atoms in total. The number of anilines is 2. The van der Waals surface area contributed by atoms with Crippen LogP contribution >= 0.6 is 0 Å². The Balaban J connectivity index is 2.31. The lowest BCUT2D eigenvalue weighted by molar-refractivity contribution is -0.0521. The van der Waals surface area contributed by atoms with E-state index in [4.69, 9.17) is 5.73 Å². The number of nitrogens with two attached hydrogens (primary N) is 1. The van der Waals surface area contributed by atoms with Crippen molar-refractivity contribution in [1.29, 1.82) is 0 Å². The van der Waals surface area contributed by atoms with Crippen LogP contribution in [0.15, 0.2) is 12.1 Å². The minimum Gasteiger partial charge on any atom is -0.432 e. The first-order valence-corrected chi connectivity index (χ1v) is 5.25. The largest absolute Gasteiger partial charge is 0.432 e. The molecular weight excluding hydrogens is 233 g/mol. The molecule has 1 saturated carbocycles. The van der Waals surface area contributed by atoms with Crippen LogP contribution in [0, 0.1) is 5.82 Å². The third-order valence-electron chi connectivity index (χ3n) is 2.77. The fourth-order valence-electron chi connectivity index (χ4n) is 1.71. The van der Waals surface area contributed by atoms with Crippen LogP contribution in [0.25, 0.3) is 0 Å². The second kappa shape index (κ2) is 4.35. The Morgan fingerprint density at radius 1 is 1.41 bits per heavy atom. The third-order valence-corrected chi connectivity index (χ3v) is 2.77. The van der Waals surface area contributed by atoms with Gasteiger partial charge in [-0.1, -0.05) is 0 Å². The van der Waals surface area contributed by atoms with Crippen molar-refractivity contribution in [2.75, 3.05) is 17.7 Å². The summed E-state index contributed by atoms with van der Waals surface area (Å²) in [7, 11) is 1.80. The van der Waals surface area contributed by atoms with Gasteiger partial charge in [0.05, 0.1) is 11.4 Å². The van der Waals surface area contributed by atoms with Gasteiger partial charge in [0.15, 0.2) is 11.6 Å². The Kier molecular flexibility index (Phi) is 3.04. The van der Waals surface area contributed by atoms with Crippen molar-refractivity contribution in [2.45, 2.75) is 25.5 Å². The summed E-state index contributed by atoms with van der Waals surface area (Å²) in [6.07, 6.45) is 2.05. The van der Waals surface area contributed by atoms with Crippen LogP contribution in [-0.4, -0.2) is 19.7 Å². The molecule has 2 rings (SSSR count). The van der Waals surface area contributed by atoms with Crippen molar-refractivity contribution >= 4 is 11.4 Å². The first kappa shape index (κ1) is 11.9. The van der Waals surface area contributed by atoms with Crippen molar-refractivity contribution in [2.24, 2.45) is 0 Å². The monoisotopic (exact) mass is 246 g/mol. The van der Waals surface area contributed by atoms with Crippen LogP contribution in [0.3, 0.4) is 0 Å². The summed E-state index contributed by atoms with van der Waals surface area (Å²) in [6, 6.07) is 2.57. The van der Waals surface area contributed by atoms with Crippen LogP contribution in [0.2, 0.25) is 0 Å². The SMILES string of the molecule is CN(c1cc(OC(F)F)c(F)cc1N)C1CC1. The maximum Gasteiger partial charge on any atom is 0.387 e. The molecule has 0 unspecified atom stereocenters. The van der Waals surface area contributed by atoms with Crippen molar-refractivity contribution in [1.82, 2.24) is 0 Å². The van der Waals surface area contributed by atoms with Crippen LogP contribution in [-0.2, 0) is 0 Å². The minimum absolute atomic E-state index is 0.221. The number of halogens is 3. The van der Waals surface area contributed by atoms with Gasteiger partial charge in [-0.25, -0.2) is 4.39 Å². The Labute approximate surface area is 97.0 Å². The number of alkyl halides is 2. The number of ether oxygens (including phenoxy) is 1. The summed E-state index contributed by atoms with van der Waals surface area (Å²) in [5, 5.41) is 0. The Hall–Kier alpha value is -1.59. The van der Waals surface area contributed by atoms with Crippen molar-refractivity contribution < 1.29 is 17.9 Å². The summed E-state index contributed by atoms with van der Waals surface area (Å²) in [6.45, 7) is -3.05. The summed E-state index contributed by atoms with van der Waals surface area (Å²) in [5.74, 6) is -1.35. The van der Waals surface area contributed by atoms with Crippen LogP contribution < -0.4 is 15.4 Å². The second-order valence-electron chi connectivity index (χ2n) is 4.06. The minimum atomic E-state index is -3.05. The molecule has 0 aromatic heterocycles. The molecule has 0 bridgehead atoms. The molecule has 0 amide bonds. The highest BCUT2D eigenvalue weighted by atomic mass is 19.3. The van der Waals surface area contributed by atoms with E-state index in [1.165, 1.54) is 6.07 Å². The third kappa shape index (κ3) is 2.57. The summed E-state index contributed by atoms with van der Waals surface area (Å²) in [4.78, 5) is 1.85. The maximum absolute atomic E-state index is 13.3. The van der Waals surface area contributed by atoms with Crippen molar-refractivity contribution in [3.63, 3.8) is 0 Å². The number of rotatable bonds is 4. The zero-order valence-electron chi connectivity index (χ0n) is 9.29. The number of hydrogen-bond acceptors (Lipinski definition) is 3. The highest BCUT2D eigenvalue weighted by Gasteiger charge is 2.28. The molecule has 0 heterocycles. The zero-order chi connectivity index (χ0) is 12.6. The second-order valence-corrected chi connectivity index (χ2v) is 4.06. The van der Waals surface area contributed by atoms with E-state index in [2.05, 4.69) is 4.74 Å². The van der Waals surface area contributed by atoms with E-state index in [0.717, 1.165) is 18.9 Å². The number of nitrogen functional groups attached to an aromatic ring is 1. The Bertz CT molecular complexity index is 421. The van der Waals surface area contributed by atoms with E-state index >= 15 is 0 Å². The van der Waals surface area contributed by atoms with Gasteiger partial charge >= 0.3 is 6.61 Å². The molecule has 1 aliphatic carbocycles. The summed E-state index contributed by atoms with van der Waals surface area (Å²) >= 11 is 0. The molecule has 0 aliphatic heterocycles. The molecule has 1 aromatic rings. The molecule has 6 heteroatoms. The lowest BCUT2D eigenvalue weighted by atomic mass is 10.2. The van der Waals surface area contributed by atoms with Crippen molar-refractivity contribution in [3.05, 3.63) is 17.9 Å². The zero-order valence-corrected chi connectivity index (χ0v) is 9.29. The van der Waals surface area contributed by atoms with E-state index < -0.39 is 18.2 Å². The van der Waals surface area contributed by atoms with Gasteiger partial charge in [-0.3, -0.25) is 0 Å². The molecule has 1 aromatic carbocycles. The van der Waals surface area contributed by atoms with E-state index in [-0.39, 0.29) is 5.69 Å². The van der Waals surface area contributed by atoms with Crippen LogP contribution in [0.4, 0.5) is 24.5 Å².